The van der Waals surface area contributed by atoms with Crippen molar-refractivity contribution in [3.8, 4) is 0 Å². The fraction of sp³-hybridized carbons (Fsp3) is 0.524. The summed E-state index contributed by atoms with van der Waals surface area (Å²) in [7, 11) is 0. The molecule has 14 heteroatoms. The van der Waals surface area contributed by atoms with E-state index in [0.29, 0.717) is 31.6 Å². The number of rotatable bonds is 4. The van der Waals surface area contributed by atoms with Crippen molar-refractivity contribution in [2.45, 2.75) is 41.1 Å². The average molecular weight is 515 g/mol. The van der Waals surface area contributed by atoms with Crippen LogP contribution in [0.1, 0.15) is 17.0 Å². The van der Waals surface area contributed by atoms with E-state index in [-0.39, 0.29) is 0 Å². The van der Waals surface area contributed by atoms with Crippen LogP contribution in [0, 0.1) is 20.8 Å². The molecule has 12 nitrogen and oxygen atoms in total. The first-order valence-corrected chi connectivity index (χ1v) is 13.2. The van der Waals surface area contributed by atoms with Crippen molar-refractivity contribution >= 4 is 41.1 Å². The third-order valence-electron chi connectivity index (χ3n) is 6.17. The Hall–Kier alpha value is -2.68. The van der Waals surface area contributed by atoms with Crippen molar-refractivity contribution in [3.05, 3.63) is 17.0 Å². The van der Waals surface area contributed by atoms with Crippen LogP contribution in [0.2, 0.25) is 0 Å². The largest absolute Gasteiger partial charge is 0.378 e. The molecule has 0 spiro atoms. The van der Waals surface area contributed by atoms with Crippen LogP contribution in [0.15, 0.2) is 20.4 Å². The van der Waals surface area contributed by atoms with E-state index in [0.717, 1.165) is 75.9 Å². The van der Waals surface area contributed by atoms with Gasteiger partial charge in [-0.15, -0.1) is 10.2 Å². The molecular weight excluding hydrogens is 488 g/mol. The standard InChI is InChI=1S/C21H26N10O2S2/c1-12-13(2)22-18(29-4-8-32-9-5-29)24-16(12)34-20-26-27-21-31(20)28-15-14(3)23-19(25-17(15)35-21)30-6-10-33-11-7-30/h28H,4-11H2,1-3H3. The first kappa shape index (κ1) is 22.8. The quantitative estimate of drug-likeness (QED) is 0.400. The minimum atomic E-state index is 0.686. The minimum absolute atomic E-state index is 0.686. The zero-order valence-corrected chi connectivity index (χ0v) is 21.4. The van der Waals surface area contributed by atoms with Gasteiger partial charge in [0.15, 0.2) is 0 Å². The molecule has 0 bridgehead atoms. The normalized spacial score (nSPS) is 17.7. The van der Waals surface area contributed by atoms with E-state index in [2.05, 4.69) is 25.4 Å². The third kappa shape index (κ3) is 4.39. The highest BCUT2D eigenvalue weighted by Crippen LogP contribution is 2.40. The van der Waals surface area contributed by atoms with E-state index in [1.807, 2.05) is 25.4 Å². The van der Waals surface area contributed by atoms with E-state index in [9.17, 15) is 0 Å². The van der Waals surface area contributed by atoms with E-state index in [1.54, 1.807) is 0 Å². The van der Waals surface area contributed by atoms with Crippen LogP contribution in [0.25, 0.3) is 0 Å². The number of nitrogens with zero attached hydrogens (tertiary/aromatic N) is 9. The van der Waals surface area contributed by atoms with Crippen LogP contribution in [-0.4, -0.2) is 87.4 Å². The molecule has 184 valence electrons. The predicted octanol–water partition coefficient (Wildman–Crippen LogP) is 1.95. The summed E-state index contributed by atoms with van der Waals surface area (Å²) in [5.41, 5.74) is 7.16. The number of aromatic nitrogens is 7. The second kappa shape index (κ2) is 9.41. The van der Waals surface area contributed by atoms with Crippen molar-refractivity contribution in [2.24, 2.45) is 0 Å². The number of nitrogens with one attached hydrogen (secondary N) is 1. The highest BCUT2D eigenvalue weighted by Gasteiger charge is 2.28. The van der Waals surface area contributed by atoms with Gasteiger partial charge in [0.05, 0.1) is 32.1 Å². The molecule has 0 amide bonds. The van der Waals surface area contributed by atoms with Crippen LogP contribution in [0.5, 0.6) is 0 Å². The molecule has 3 aliphatic rings. The van der Waals surface area contributed by atoms with Crippen LogP contribution in [-0.2, 0) is 9.47 Å². The molecule has 0 radical (unpaired) electrons. The van der Waals surface area contributed by atoms with Gasteiger partial charge < -0.3 is 19.3 Å². The van der Waals surface area contributed by atoms with E-state index >= 15 is 0 Å². The summed E-state index contributed by atoms with van der Waals surface area (Å²) < 4.78 is 12.8. The predicted molar refractivity (Wildman–Crippen MR) is 132 cm³/mol. The van der Waals surface area contributed by atoms with Crippen molar-refractivity contribution in [1.82, 2.24) is 34.8 Å². The Balaban J connectivity index is 1.27. The van der Waals surface area contributed by atoms with Gasteiger partial charge in [-0.25, -0.2) is 24.6 Å². The number of hydrogen-bond donors (Lipinski definition) is 1. The summed E-state index contributed by atoms with van der Waals surface area (Å²) in [4.78, 5) is 23.5. The highest BCUT2D eigenvalue weighted by atomic mass is 32.2. The number of fused-ring (bicyclic) bond motifs is 2. The van der Waals surface area contributed by atoms with Gasteiger partial charge in [0.25, 0.3) is 0 Å². The summed E-state index contributed by atoms with van der Waals surface area (Å²) in [6.45, 7) is 11.9. The topological polar surface area (TPSA) is 119 Å². The molecule has 2 fully saturated rings. The van der Waals surface area contributed by atoms with Gasteiger partial charge in [-0.1, -0.05) is 0 Å². The van der Waals surface area contributed by atoms with Crippen LogP contribution in [0.4, 0.5) is 17.6 Å². The molecule has 0 saturated carbocycles. The molecule has 35 heavy (non-hydrogen) atoms. The lowest BCUT2D eigenvalue weighted by molar-refractivity contribution is 0.122. The minimum Gasteiger partial charge on any atom is -0.378 e. The number of anilines is 3. The first-order chi connectivity index (χ1) is 17.1. The fourth-order valence-corrected chi connectivity index (χ4v) is 5.87. The molecular formula is C21H26N10O2S2. The SMILES string of the molecule is Cc1nc(N2CCOCC2)nc(Sc2nnc3n2Nc2c(C)nc(N4CCOCC4)nc2S3)c1C. The maximum atomic E-state index is 5.48. The fourth-order valence-electron chi connectivity index (χ4n) is 4.00. The van der Waals surface area contributed by atoms with Crippen molar-refractivity contribution in [2.75, 3.05) is 67.8 Å². The maximum Gasteiger partial charge on any atom is 0.226 e. The van der Waals surface area contributed by atoms with Crippen molar-refractivity contribution < 1.29 is 9.47 Å². The van der Waals surface area contributed by atoms with Crippen molar-refractivity contribution in [3.63, 3.8) is 0 Å². The Morgan fingerprint density at radius 3 is 2.11 bits per heavy atom. The van der Waals surface area contributed by atoms with Gasteiger partial charge in [-0.05, 0) is 44.3 Å². The average Bonchev–Trinajstić information content (AvgIpc) is 3.28. The van der Waals surface area contributed by atoms with Crippen LogP contribution >= 0.6 is 23.5 Å². The summed E-state index contributed by atoms with van der Waals surface area (Å²) in [5.74, 6) is 1.45. The number of morpholine rings is 2. The lowest BCUT2D eigenvalue weighted by Gasteiger charge is -2.28. The zero-order chi connectivity index (χ0) is 23.9. The number of aryl methyl sites for hydroxylation is 2. The number of ether oxygens (including phenoxy) is 2. The molecule has 0 aliphatic carbocycles. The maximum absolute atomic E-state index is 5.48. The molecule has 0 atom stereocenters. The molecule has 1 N–H and O–H groups in total. The second-order valence-corrected chi connectivity index (χ2v) is 10.4. The third-order valence-corrected chi connectivity index (χ3v) is 8.14. The Labute approximate surface area is 211 Å². The van der Waals surface area contributed by atoms with E-state index in [4.69, 9.17) is 29.4 Å². The van der Waals surface area contributed by atoms with Gasteiger partial charge in [-0.3, -0.25) is 5.43 Å². The smallest absolute Gasteiger partial charge is 0.226 e. The Kier molecular flexibility index (Phi) is 6.12. The Bertz CT molecular complexity index is 1260. The summed E-state index contributed by atoms with van der Waals surface area (Å²) in [5, 5.41) is 12.0. The number of hydrogen-bond acceptors (Lipinski definition) is 13. The first-order valence-electron chi connectivity index (χ1n) is 11.5. The molecule has 3 aromatic rings. The highest BCUT2D eigenvalue weighted by molar-refractivity contribution is 8.00. The molecule has 3 aromatic heterocycles. The zero-order valence-electron chi connectivity index (χ0n) is 19.8. The molecule has 2 saturated heterocycles. The van der Waals surface area contributed by atoms with Gasteiger partial charge >= 0.3 is 0 Å². The monoisotopic (exact) mass is 514 g/mol. The Morgan fingerprint density at radius 1 is 0.800 bits per heavy atom. The van der Waals surface area contributed by atoms with E-state index < -0.39 is 0 Å². The van der Waals surface area contributed by atoms with Gasteiger partial charge in [-0.2, -0.15) is 0 Å². The summed E-state index contributed by atoms with van der Waals surface area (Å²) >= 11 is 2.96. The van der Waals surface area contributed by atoms with Gasteiger partial charge in [0.1, 0.15) is 15.7 Å². The van der Waals surface area contributed by atoms with Gasteiger partial charge in [0.2, 0.25) is 22.2 Å². The summed E-state index contributed by atoms with van der Waals surface area (Å²) in [6.07, 6.45) is 0. The van der Waals surface area contributed by atoms with E-state index in [1.165, 1.54) is 23.5 Å². The lowest BCUT2D eigenvalue weighted by Crippen LogP contribution is -2.37. The summed E-state index contributed by atoms with van der Waals surface area (Å²) in [6, 6.07) is 0. The molecule has 0 unspecified atom stereocenters. The van der Waals surface area contributed by atoms with Crippen molar-refractivity contribution in [1.29, 1.82) is 0 Å². The lowest BCUT2D eigenvalue weighted by atomic mass is 10.3. The second-order valence-electron chi connectivity index (χ2n) is 8.44. The molecule has 3 aliphatic heterocycles. The molecule has 6 rings (SSSR count). The van der Waals surface area contributed by atoms with Crippen LogP contribution < -0.4 is 15.2 Å². The van der Waals surface area contributed by atoms with Crippen LogP contribution in [0.3, 0.4) is 0 Å². The molecule has 0 aromatic carbocycles. The Morgan fingerprint density at radius 2 is 1.43 bits per heavy atom. The molecule has 6 heterocycles. The van der Waals surface area contributed by atoms with Gasteiger partial charge in [0, 0.05) is 37.4 Å².